The lowest BCUT2D eigenvalue weighted by atomic mass is 10.2. The highest BCUT2D eigenvalue weighted by molar-refractivity contribution is 14.1. The van der Waals surface area contributed by atoms with E-state index in [0.29, 0.717) is 0 Å². The van der Waals surface area contributed by atoms with Crippen LogP contribution in [0.2, 0.25) is 0 Å². The van der Waals surface area contributed by atoms with Crippen LogP contribution in [0.15, 0.2) is 54.6 Å². The lowest BCUT2D eigenvalue weighted by molar-refractivity contribution is 1.10. The first-order valence-electron chi connectivity index (χ1n) is 5.57. The minimum absolute atomic E-state index is 0.727. The third-order valence-corrected chi connectivity index (χ3v) is 3.59. The molecule has 0 saturated carbocycles. The van der Waals surface area contributed by atoms with E-state index in [2.05, 4.69) is 43.8 Å². The molecule has 3 rings (SSSR count). The Labute approximate surface area is 118 Å². The largest absolute Gasteiger partial charge is 0.259 e. The van der Waals surface area contributed by atoms with E-state index in [9.17, 15) is 0 Å². The van der Waals surface area contributed by atoms with Crippen molar-refractivity contribution in [2.45, 2.75) is 0 Å². The topological polar surface area (TPSA) is 41.6 Å². The molecule has 2 aromatic carbocycles. The second-order valence-electron chi connectivity index (χ2n) is 3.85. The first-order chi connectivity index (χ1) is 8.84. The van der Waals surface area contributed by atoms with Gasteiger partial charge < -0.3 is 0 Å². The molecule has 0 aliphatic heterocycles. The molecule has 0 spiro atoms. The van der Waals surface area contributed by atoms with E-state index >= 15 is 0 Å². The van der Waals surface area contributed by atoms with Crippen molar-refractivity contribution in [1.29, 1.82) is 0 Å². The third-order valence-electron chi connectivity index (χ3n) is 2.65. The molecule has 0 fully saturated rings. The van der Waals surface area contributed by atoms with Crippen molar-refractivity contribution in [3.63, 3.8) is 0 Å². The smallest absolute Gasteiger partial charge is 0.181 e. The zero-order valence-electron chi connectivity index (χ0n) is 9.47. The number of rotatable bonds is 2. The van der Waals surface area contributed by atoms with E-state index in [0.717, 1.165) is 26.3 Å². The Hall–Kier alpha value is -1.69. The van der Waals surface area contributed by atoms with Gasteiger partial charge in [-0.2, -0.15) is 5.10 Å². The molecule has 88 valence electrons. The highest BCUT2D eigenvalue weighted by Gasteiger charge is 2.09. The second kappa shape index (κ2) is 4.89. The van der Waals surface area contributed by atoms with Gasteiger partial charge in [0.2, 0.25) is 0 Å². The fourth-order valence-electron chi connectivity index (χ4n) is 1.75. The Morgan fingerprint density at radius 1 is 0.889 bits per heavy atom. The Kier molecular flexibility index (Phi) is 3.10. The van der Waals surface area contributed by atoms with Gasteiger partial charge in [0, 0.05) is 14.7 Å². The van der Waals surface area contributed by atoms with Gasteiger partial charge in [0.25, 0.3) is 0 Å². The number of hydrogen-bond acceptors (Lipinski definition) is 2. The van der Waals surface area contributed by atoms with E-state index in [1.54, 1.807) is 0 Å². The second-order valence-corrected chi connectivity index (χ2v) is 5.02. The summed E-state index contributed by atoms with van der Waals surface area (Å²) in [7, 11) is 0. The molecule has 0 radical (unpaired) electrons. The number of nitrogens with zero attached hydrogens (tertiary/aromatic N) is 2. The van der Waals surface area contributed by atoms with Gasteiger partial charge in [-0.3, -0.25) is 5.10 Å². The number of aromatic amines is 1. The Balaban J connectivity index is 2.03. The van der Waals surface area contributed by atoms with Crippen LogP contribution < -0.4 is 0 Å². The maximum atomic E-state index is 4.54. The summed E-state index contributed by atoms with van der Waals surface area (Å²) in [5, 5.41) is 7.26. The molecule has 0 amide bonds. The molecule has 1 heterocycles. The van der Waals surface area contributed by atoms with Crippen LogP contribution in [0.4, 0.5) is 0 Å². The van der Waals surface area contributed by atoms with Gasteiger partial charge in [-0.05, 0) is 28.7 Å². The summed E-state index contributed by atoms with van der Waals surface area (Å²) in [6.07, 6.45) is 0. The summed E-state index contributed by atoms with van der Waals surface area (Å²) in [6, 6.07) is 18.1. The summed E-state index contributed by atoms with van der Waals surface area (Å²) in [5.74, 6) is 1.53. The number of halogens is 1. The molecule has 4 heteroatoms. The van der Waals surface area contributed by atoms with Crippen LogP contribution >= 0.6 is 22.6 Å². The molecular weight excluding hydrogens is 337 g/mol. The number of nitrogens with one attached hydrogen (secondary N) is 1. The van der Waals surface area contributed by atoms with Crippen molar-refractivity contribution in [3.8, 4) is 22.8 Å². The molecule has 18 heavy (non-hydrogen) atoms. The summed E-state index contributed by atoms with van der Waals surface area (Å²) in [6.45, 7) is 0. The predicted octanol–water partition coefficient (Wildman–Crippen LogP) is 3.74. The van der Waals surface area contributed by atoms with Crippen LogP contribution in [0.25, 0.3) is 22.8 Å². The molecule has 3 nitrogen and oxygen atoms in total. The standard InChI is InChI=1S/C14H10IN3/c15-12-9-5-4-8-11(12)14-16-13(17-18-14)10-6-2-1-3-7-10/h1-9H,(H,16,17,18). The monoisotopic (exact) mass is 347 g/mol. The summed E-state index contributed by atoms with van der Waals surface area (Å²) in [5.41, 5.74) is 2.10. The first kappa shape index (κ1) is 11.4. The van der Waals surface area contributed by atoms with Gasteiger partial charge in [-0.25, -0.2) is 4.98 Å². The van der Waals surface area contributed by atoms with Crippen LogP contribution in [0.1, 0.15) is 0 Å². The SMILES string of the molecule is Ic1ccccc1-c1nc(-c2ccccc2)n[nH]1. The van der Waals surface area contributed by atoms with Crippen LogP contribution in [-0.2, 0) is 0 Å². The van der Waals surface area contributed by atoms with Crippen molar-refractivity contribution < 1.29 is 0 Å². The van der Waals surface area contributed by atoms with Crippen LogP contribution in [-0.4, -0.2) is 15.2 Å². The first-order valence-corrected chi connectivity index (χ1v) is 6.65. The maximum absolute atomic E-state index is 4.54. The molecule has 0 aliphatic rings. The lowest BCUT2D eigenvalue weighted by Gasteiger charge is -1.98. The van der Waals surface area contributed by atoms with Gasteiger partial charge in [-0.1, -0.05) is 48.5 Å². The lowest BCUT2D eigenvalue weighted by Crippen LogP contribution is -1.84. The van der Waals surface area contributed by atoms with Crippen molar-refractivity contribution in [2.75, 3.05) is 0 Å². The highest BCUT2D eigenvalue weighted by Crippen LogP contribution is 2.23. The predicted molar refractivity (Wildman–Crippen MR) is 80.0 cm³/mol. The zero-order chi connectivity index (χ0) is 12.4. The van der Waals surface area contributed by atoms with Crippen LogP contribution in [0, 0.1) is 3.57 Å². The average molecular weight is 347 g/mol. The molecule has 1 aromatic heterocycles. The van der Waals surface area contributed by atoms with Gasteiger partial charge in [0.15, 0.2) is 11.6 Å². The molecule has 0 saturated heterocycles. The van der Waals surface area contributed by atoms with Gasteiger partial charge in [0.05, 0.1) is 0 Å². The molecule has 0 aliphatic carbocycles. The van der Waals surface area contributed by atoms with E-state index in [4.69, 9.17) is 0 Å². The maximum Gasteiger partial charge on any atom is 0.181 e. The molecule has 1 N–H and O–H groups in total. The molecular formula is C14H10IN3. The number of H-pyrrole nitrogens is 1. The van der Waals surface area contributed by atoms with Crippen LogP contribution in [0.5, 0.6) is 0 Å². The summed E-state index contributed by atoms with van der Waals surface area (Å²) in [4.78, 5) is 4.54. The van der Waals surface area contributed by atoms with Crippen LogP contribution in [0.3, 0.4) is 0 Å². The number of hydrogen-bond donors (Lipinski definition) is 1. The van der Waals surface area contributed by atoms with Gasteiger partial charge >= 0.3 is 0 Å². The van der Waals surface area contributed by atoms with Gasteiger partial charge in [0.1, 0.15) is 0 Å². The number of benzene rings is 2. The van der Waals surface area contributed by atoms with E-state index in [1.807, 2.05) is 48.5 Å². The van der Waals surface area contributed by atoms with Crippen molar-refractivity contribution in [3.05, 3.63) is 58.2 Å². The van der Waals surface area contributed by atoms with E-state index in [-0.39, 0.29) is 0 Å². The molecule has 3 aromatic rings. The molecule has 0 bridgehead atoms. The van der Waals surface area contributed by atoms with E-state index in [1.165, 1.54) is 0 Å². The Morgan fingerprint density at radius 3 is 2.39 bits per heavy atom. The normalized spacial score (nSPS) is 10.5. The number of aromatic nitrogens is 3. The van der Waals surface area contributed by atoms with Crippen molar-refractivity contribution in [1.82, 2.24) is 15.2 Å². The Bertz CT molecular complexity index is 662. The minimum Gasteiger partial charge on any atom is -0.259 e. The summed E-state index contributed by atoms with van der Waals surface area (Å²) < 4.78 is 1.16. The fourth-order valence-corrected chi connectivity index (χ4v) is 2.39. The molecule has 0 unspecified atom stereocenters. The highest BCUT2D eigenvalue weighted by atomic mass is 127. The van der Waals surface area contributed by atoms with Crippen molar-refractivity contribution in [2.24, 2.45) is 0 Å². The Morgan fingerprint density at radius 2 is 1.61 bits per heavy atom. The third kappa shape index (κ3) is 2.15. The zero-order valence-corrected chi connectivity index (χ0v) is 11.6. The average Bonchev–Trinajstić information content (AvgIpc) is 2.90. The minimum atomic E-state index is 0.727. The molecule has 0 atom stereocenters. The fraction of sp³-hybridized carbons (Fsp3) is 0. The van der Waals surface area contributed by atoms with Gasteiger partial charge in [-0.15, -0.1) is 0 Å². The van der Waals surface area contributed by atoms with E-state index < -0.39 is 0 Å². The summed E-state index contributed by atoms with van der Waals surface area (Å²) >= 11 is 2.30. The quantitative estimate of drug-likeness (QED) is 0.718. The van der Waals surface area contributed by atoms with Crippen molar-refractivity contribution >= 4 is 22.6 Å².